The summed E-state index contributed by atoms with van der Waals surface area (Å²) in [4.78, 5) is 2.31. The molecule has 3 heteroatoms. The van der Waals surface area contributed by atoms with Crippen LogP contribution in [0.2, 0.25) is 0 Å². The van der Waals surface area contributed by atoms with Gasteiger partial charge in [-0.1, -0.05) is 0 Å². The van der Waals surface area contributed by atoms with E-state index in [2.05, 4.69) is 58.8 Å². The van der Waals surface area contributed by atoms with Crippen molar-refractivity contribution in [2.75, 3.05) is 27.2 Å². The summed E-state index contributed by atoms with van der Waals surface area (Å²) in [6, 6.07) is 0.556. The fourth-order valence-electron chi connectivity index (χ4n) is 1.28. The maximum atomic E-state index is 6.00. The van der Waals surface area contributed by atoms with Crippen molar-refractivity contribution in [3.8, 4) is 0 Å². The molecule has 0 aromatic rings. The van der Waals surface area contributed by atoms with Crippen LogP contribution in [0.5, 0.6) is 0 Å². The molecular formula is C13H30N2O. The normalized spacial score (nSPS) is 13.9. The van der Waals surface area contributed by atoms with E-state index in [0.717, 1.165) is 13.2 Å². The van der Waals surface area contributed by atoms with Gasteiger partial charge in [0.15, 0.2) is 0 Å². The fraction of sp³-hybridized carbons (Fsp3) is 1.00. The van der Waals surface area contributed by atoms with E-state index in [4.69, 9.17) is 4.74 Å². The van der Waals surface area contributed by atoms with Crippen LogP contribution in [-0.2, 0) is 4.74 Å². The van der Waals surface area contributed by atoms with E-state index in [0.29, 0.717) is 6.04 Å². The number of nitrogens with one attached hydrogen (secondary N) is 1. The van der Waals surface area contributed by atoms with E-state index < -0.39 is 0 Å². The number of hydrogen-bond acceptors (Lipinski definition) is 3. The monoisotopic (exact) mass is 230 g/mol. The molecule has 0 saturated carbocycles. The number of ether oxygens (including phenoxy) is 1. The molecule has 0 aliphatic carbocycles. The van der Waals surface area contributed by atoms with Gasteiger partial charge in [-0.3, -0.25) is 0 Å². The summed E-state index contributed by atoms with van der Waals surface area (Å²) in [6.45, 7) is 14.7. The predicted molar refractivity (Wildman–Crippen MR) is 70.9 cm³/mol. The Morgan fingerprint density at radius 1 is 1.19 bits per heavy atom. The van der Waals surface area contributed by atoms with Crippen LogP contribution < -0.4 is 5.32 Å². The summed E-state index contributed by atoms with van der Waals surface area (Å²) in [6.07, 6.45) is 0. The molecule has 0 bridgehead atoms. The zero-order valence-corrected chi connectivity index (χ0v) is 12.3. The summed E-state index contributed by atoms with van der Waals surface area (Å²) in [7, 11) is 4.11. The summed E-state index contributed by atoms with van der Waals surface area (Å²) < 4.78 is 6.00. The average molecular weight is 230 g/mol. The van der Waals surface area contributed by atoms with Gasteiger partial charge in [-0.2, -0.15) is 0 Å². The molecule has 0 radical (unpaired) electrons. The maximum Gasteiger partial charge on any atom is 0.0753 e. The quantitative estimate of drug-likeness (QED) is 0.725. The molecule has 0 heterocycles. The van der Waals surface area contributed by atoms with Crippen molar-refractivity contribution in [1.82, 2.24) is 10.2 Å². The van der Waals surface area contributed by atoms with Crippen LogP contribution in [0.25, 0.3) is 0 Å². The highest BCUT2D eigenvalue weighted by Crippen LogP contribution is 2.15. The van der Waals surface area contributed by atoms with Gasteiger partial charge in [0.2, 0.25) is 0 Å². The van der Waals surface area contributed by atoms with E-state index in [1.165, 1.54) is 0 Å². The Labute approximate surface area is 102 Å². The molecular weight excluding hydrogens is 200 g/mol. The van der Waals surface area contributed by atoms with Crippen LogP contribution in [0.15, 0.2) is 0 Å². The van der Waals surface area contributed by atoms with E-state index in [1.54, 1.807) is 0 Å². The summed E-state index contributed by atoms with van der Waals surface area (Å²) >= 11 is 0. The van der Waals surface area contributed by atoms with E-state index in [9.17, 15) is 0 Å². The third kappa shape index (κ3) is 6.46. The largest absolute Gasteiger partial charge is 0.372 e. The molecule has 16 heavy (non-hydrogen) atoms. The molecule has 0 fully saturated rings. The first kappa shape index (κ1) is 15.9. The Bertz CT molecular complexity index is 200. The molecule has 0 aromatic carbocycles. The molecule has 0 amide bonds. The number of likely N-dealkylation sites (N-methyl/N-ethyl adjacent to an activating group) is 2. The molecule has 0 unspecified atom stereocenters. The first-order chi connectivity index (χ1) is 7.09. The van der Waals surface area contributed by atoms with Crippen LogP contribution in [0.1, 0.15) is 41.5 Å². The third-order valence-electron chi connectivity index (χ3n) is 3.01. The molecule has 0 spiro atoms. The minimum Gasteiger partial charge on any atom is -0.372 e. The van der Waals surface area contributed by atoms with E-state index >= 15 is 0 Å². The Morgan fingerprint density at radius 2 is 1.69 bits per heavy atom. The van der Waals surface area contributed by atoms with Gasteiger partial charge in [0.05, 0.1) is 12.2 Å². The second kappa shape index (κ2) is 5.99. The van der Waals surface area contributed by atoms with Gasteiger partial charge in [0.1, 0.15) is 0 Å². The first-order valence-electron chi connectivity index (χ1n) is 6.13. The van der Waals surface area contributed by atoms with Crippen molar-refractivity contribution in [2.24, 2.45) is 0 Å². The molecule has 0 saturated heterocycles. The minimum absolute atomic E-state index is 0.0354. The third-order valence-corrected chi connectivity index (χ3v) is 3.01. The number of nitrogens with zero attached hydrogens (tertiary/aromatic N) is 1. The zero-order chi connectivity index (χ0) is 13.0. The molecule has 0 aliphatic rings. The highest BCUT2D eigenvalue weighted by atomic mass is 16.5. The topological polar surface area (TPSA) is 24.5 Å². The lowest BCUT2D eigenvalue weighted by Crippen LogP contribution is -2.47. The summed E-state index contributed by atoms with van der Waals surface area (Å²) in [5.41, 5.74) is -0.0686. The second-order valence-corrected chi connectivity index (χ2v) is 6.19. The van der Waals surface area contributed by atoms with Gasteiger partial charge in [0, 0.05) is 18.1 Å². The lowest BCUT2D eigenvalue weighted by molar-refractivity contribution is -0.0599. The number of hydrogen-bond donors (Lipinski definition) is 1. The Morgan fingerprint density at radius 3 is 2.06 bits per heavy atom. The van der Waals surface area contributed by atoms with Crippen molar-refractivity contribution < 1.29 is 4.74 Å². The minimum atomic E-state index is -0.104. The highest BCUT2D eigenvalue weighted by molar-refractivity contribution is 4.80. The van der Waals surface area contributed by atoms with Crippen molar-refractivity contribution >= 4 is 0 Å². The molecule has 98 valence electrons. The molecule has 0 aromatic heterocycles. The predicted octanol–water partition coefficient (Wildman–Crippen LogP) is 2.12. The number of rotatable bonds is 7. The Hall–Kier alpha value is -0.120. The van der Waals surface area contributed by atoms with Crippen molar-refractivity contribution in [3.05, 3.63) is 0 Å². The van der Waals surface area contributed by atoms with Crippen molar-refractivity contribution in [3.63, 3.8) is 0 Å². The Balaban J connectivity index is 4.15. The first-order valence-corrected chi connectivity index (χ1v) is 6.13. The van der Waals surface area contributed by atoms with Gasteiger partial charge in [-0.15, -0.1) is 0 Å². The van der Waals surface area contributed by atoms with E-state index in [1.807, 2.05) is 7.05 Å². The lowest BCUT2D eigenvalue weighted by Gasteiger charge is -2.35. The standard InChI is InChI=1S/C13H30N2O/c1-11(2)15(8)9-13(5,6)16-10-12(3,4)14-7/h11,14H,9-10H2,1-8H3. The average Bonchev–Trinajstić information content (AvgIpc) is 2.14. The fourth-order valence-corrected chi connectivity index (χ4v) is 1.28. The molecule has 3 nitrogen and oxygen atoms in total. The van der Waals surface area contributed by atoms with Crippen LogP contribution in [0.3, 0.4) is 0 Å². The second-order valence-electron chi connectivity index (χ2n) is 6.19. The van der Waals surface area contributed by atoms with Crippen LogP contribution in [-0.4, -0.2) is 49.3 Å². The summed E-state index contributed by atoms with van der Waals surface area (Å²) in [5.74, 6) is 0. The van der Waals surface area contributed by atoms with Gasteiger partial charge in [0.25, 0.3) is 0 Å². The maximum absolute atomic E-state index is 6.00. The lowest BCUT2D eigenvalue weighted by atomic mass is 10.1. The van der Waals surface area contributed by atoms with Gasteiger partial charge in [-0.05, 0) is 55.6 Å². The molecule has 0 aliphatic heterocycles. The Kier molecular flexibility index (Phi) is 5.94. The zero-order valence-electron chi connectivity index (χ0n) is 12.3. The van der Waals surface area contributed by atoms with Crippen LogP contribution in [0.4, 0.5) is 0 Å². The SMILES string of the molecule is CNC(C)(C)COC(C)(C)CN(C)C(C)C. The summed E-state index contributed by atoms with van der Waals surface area (Å²) in [5, 5.41) is 3.25. The smallest absolute Gasteiger partial charge is 0.0753 e. The van der Waals surface area contributed by atoms with Gasteiger partial charge >= 0.3 is 0 Å². The molecule has 0 rings (SSSR count). The van der Waals surface area contributed by atoms with Crippen molar-refractivity contribution in [2.45, 2.75) is 58.7 Å². The molecule has 1 N–H and O–H groups in total. The van der Waals surface area contributed by atoms with E-state index in [-0.39, 0.29) is 11.1 Å². The van der Waals surface area contributed by atoms with Gasteiger partial charge < -0.3 is 15.0 Å². The van der Waals surface area contributed by atoms with Gasteiger partial charge in [-0.25, -0.2) is 0 Å². The highest BCUT2D eigenvalue weighted by Gasteiger charge is 2.25. The van der Waals surface area contributed by atoms with Crippen LogP contribution >= 0.6 is 0 Å². The van der Waals surface area contributed by atoms with Crippen LogP contribution in [0, 0.1) is 0 Å². The molecule has 0 atom stereocenters. The van der Waals surface area contributed by atoms with Crippen molar-refractivity contribution in [1.29, 1.82) is 0 Å².